The second-order valence-corrected chi connectivity index (χ2v) is 6.90. The van der Waals surface area contributed by atoms with E-state index in [1.807, 2.05) is 0 Å². The predicted octanol–water partition coefficient (Wildman–Crippen LogP) is -0.431. The van der Waals surface area contributed by atoms with Crippen molar-refractivity contribution < 1.29 is 27.9 Å². The van der Waals surface area contributed by atoms with E-state index in [9.17, 15) is 18.0 Å². The number of carbonyl (C=O) groups excluding carboxylic acids is 1. The summed E-state index contributed by atoms with van der Waals surface area (Å²) < 4.78 is 32.1. The van der Waals surface area contributed by atoms with Crippen molar-refractivity contribution in [3.05, 3.63) is 0 Å². The van der Waals surface area contributed by atoms with E-state index in [1.165, 1.54) is 21.0 Å². The van der Waals surface area contributed by atoms with Gasteiger partial charge < -0.3 is 9.84 Å². The smallest absolute Gasteiger partial charge is 0.324 e. The van der Waals surface area contributed by atoms with Crippen LogP contribution < -0.4 is 4.72 Å². The average molecular weight is 308 g/mol. The first-order valence-corrected chi connectivity index (χ1v) is 7.64. The molecule has 0 aliphatic carbocycles. The highest BCUT2D eigenvalue weighted by Gasteiger charge is 2.37. The second kappa shape index (κ2) is 6.06. The van der Waals surface area contributed by atoms with E-state index in [1.54, 1.807) is 0 Å². The minimum Gasteiger partial charge on any atom is -0.480 e. The van der Waals surface area contributed by atoms with Crippen molar-refractivity contribution in [2.75, 3.05) is 20.2 Å². The van der Waals surface area contributed by atoms with Crippen molar-refractivity contribution >= 4 is 22.1 Å². The molecule has 0 spiro atoms. The van der Waals surface area contributed by atoms with Crippen LogP contribution in [0.5, 0.6) is 0 Å². The zero-order valence-corrected chi connectivity index (χ0v) is 12.6. The molecular formula is C11H20N2O6S. The molecule has 9 heteroatoms. The Hall–Kier alpha value is -1.19. The lowest BCUT2D eigenvalue weighted by Gasteiger charge is -2.32. The molecule has 1 aliphatic heterocycles. The van der Waals surface area contributed by atoms with E-state index in [-0.39, 0.29) is 25.0 Å². The number of carboxylic acids is 1. The standard InChI is InChI=1S/C11H20N2O6S/c1-11(2,10(15)16)12-20(17,18)13-6-4-8(5-7-13)9(14)19-3/h8,12H,4-7H2,1-3H3,(H,15,16). The Kier molecular flexibility index (Phi) is 5.11. The van der Waals surface area contributed by atoms with Crippen LogP contribution in [0.15, 0.2) is 0 Å². The van der Waals surface area contributed by atoms with Crippen molar-refractivity contribution in [1.29, 1.82) is 0 Å². The van der Waals surface area contributed by atoms with E-state index >= 15 is 0 Å². The van der Waals surface area contributed by atoms with Gasteiger partial charge in [0.1, 0.15) is 5.54 Å². The van der Waals surface area contributed by atoms with Gasteiger partial charge in [0.05, 0.1) is 13.0 Å². The minimum absolute atomic E-state index is 0.158. The third kappa shape index (κ3) is 3.90. The molecule has 20 heavy (non-hydrogen) atoms. The molecule has 0 unspecified atom stereocenters. The number of esters is 1. The van der Waals surface area contributed by atoms with Crippen LogP contribution >= 0.6 is 0 Å². The number of methoxy groups -OCH3 is 1. The molecule has 1 rings (SSSR count). The molecule has 8 nitrogen and oxygen atoms in total. The molecule has 1 fully saturated rings. The first kappa shape index (κ1) is 16.9. The lowest BCUT2D eigenvalue weighted by atomic mass is 9.99. The first-order chi connectivity index (χ1) is 9.10. The van der Waals surface area contributed by atoms with Crippen molar-refractivity contribution in [3.63, 3.8) is 0 Å². The van der Waals surface area contributed by atoms with Gasteiger partial charge >= 0.3 is 11.9 Å². The molecule has 1 saturated heterocycles. The number of nitrogens with zero attached hydrogens (tertiary/aromatic N) is 1. The maximum atomic E-state index is 12.1. The van der Waals surface area contributed by atoms with Crippen molar-refractivity contribution in [1.82, 2.24) is 9.03 Å². The van der Waals surface area contributed by atoms with Gasteiger partial charge in [0.15, 0.2) is 0 Å². The zero-order valence-electron chi connectivity index (χ0n) is 11.7. The van der Waals surface area contributed by atoms with Crippen molar-refractivity contribution in [3.8, 4) is 0 Å². The fraction of sp³-hybridized carbons (Fsp3) is 0.818. The van der Waals surface area contributed by atoms with E-state index in [2.05, 4.69) is 9.46 Å². The summed E-state index contributed by atoms with van der Waals surface area (Å²) >= 11 is 0. The lowest BCUT2D eigenvalue weighted by Crippen LogP contribution is -2.55. The maximum absolute atomic E-state index is 12.1. The number of ether oxygens (including phenoxy) is 1. The van der Waals surface area contributed by atoms with Gasteiger partial charge in [0.2, 0.25) is 0 Å². The van der Waals surface area contributed by atoms with Crippen LogP contribution in [-0.4, -0.2) is 55.5 Å². The lowest BCUT2D eigenvalue weighted by molar-refractivity contribution is -0.146. The monoisotopic (exact) mass is 308 g/mol. The number of piperidine rings is 1. The average Bonchev–Trinajstić information content (AvgIpc) is 2.36. The van der Waals surface area contributed by atoms with Gasteiger partial charge in [-0.05, 0) is 26.7 Å². The van der Waals surface area contributed by atoms with Crippen molar-refractivity contribution in [2.24, 2.45) is 5.92 Å². The molecule has 1 aliphatic rings. The van der Waals surface area contributed by atoms with Gasteiger partial charge in [0.25, 0.3) is 10.2 Å². The molecule has 0 radical (unpaired) electrons. The summed E-state index contributed by atoms with van der Waals surface area (Å²) in [5.74, 6) is -1.91. The van der Waals surface area contributed by atoms with Crippen LogP contribution in [-0.2, 0) is 24.5 Å². The third-order valence-electron chi connectivity index (χ3n) is 3.25. The second-order valence-electron chi connectivity index (χ2n) is 5.23. The Bertz CT molecular complexity index is 479. The molecule has 0 amide bonds. The van der Waals surface area contributed by atoms with Crippen LogP contribution in [0.2, 0.25) is 0 Å². The summed E-state index contributed by atoms with van der Waals surface area (Å²) in [5.41, 5.74) is -1.59. The van der Waals surface area contributed by atoms with Gasteiger partial charge in [-0.3, -0.25) is 9.59 Å². The predicted molar refractivity (Wildman–Crippen MR) is 70.1 cm³/mol. The van der Waals surface area contributed by atoms with Gasteiger partial charge in [-0.1, -0.05) is 0 Å². The highest BCUT2D eigenvalue weighted by molar-refractivity contribution is 7.87. The van der Waals surface area contributed by atoms with Crippen LogP contribution in [0.3, 0.4) is 0 Å². The first-order valence-electron chi connectivity index (χ1n) is 6.20. The number of hydrogen-bond acceptors (Lipinski definition) is 5. The molecule has 0 aromatic heterocycles. The van der Waals surface area contributed by atoms with Gasteiger partial charge in [-0.25, -0.2) is 0 Å². The molecule has 116 valence electrons. The Labute approximate surface area is 118 Å². The van der Waals surface area contributed by atoms with Crippen LogP contribution in [0.1, 0.15) is 26.7 Å². The Balaban J connectivity index is 2.68. The Morgan fingerprint density at radius 2 is 1.80 bits per heavy atom. The molecule has 0 aromatic rings. The molecule has 1 heterocycles. The summed E-state index contributed by atoms with van der Waals surface area (Å²) in [7, 11) is -2.60. The highest BCUT2D eigenvalue weighted by Crippen LogP contribution is 2.21. The van der Waals surface area contributed by atoms with Crippen LogP contribution in [0.4, 0.5) is 0 Å². The molecule has 0 aromatic carbocycles. The van der Waals surface area contributed by atoms with E-state index in [4.69, 9.17) is 5.11 Å². The van der Waals surface area contributed by atoms with Gasteiger partial charge in [-0.15, -0.1) is 0 Å². The normalized spacial score (nSPS) is 18.8. The number of carboxylic acid groups (broad SMARTS) is 1. The van der Waals surface area contributed by atoms with Crippen molar-refractivity contribution in [2.45, 2.75) is 32.2 Å². The fourth-order valence-electron chi connectivity index (χ4n) is 1.93. The van der Waals surface area contributed by atoms with E-state index in [0.29, 0.717) is 12.8 Å². The van der Waals surface area contributed by atoms with E-state index in [0.717, 1.165) is 4.31 Å². The maximum Gasteiger partial charge on any atom is 0.324 e. The van der Waals surface area contributed by atoms with Crippen LogP contribution in [0, 0.1) is 5.92 Å². The number of carbonyl (C=O) groups is 2. The largest absolute Gasteiger partial charge is 0.480 e. The van der Waals surface area contributed by atoms with Gasteiger partial charge in [-0.2, -0.15) is 17.4 Å². The van der Waals surface area contributed by atoms with Crippen LogP contribution in [0.25, 0.3) is 0 Å². The Morgan fingerprint density at radius 3 is 2.20 bits per heavy atom. The molecule has 0 bridgehead atoms. The summed E-state index contributed by atoms with van der Waals surface area (Å²) in [6, 6.07) is 0. The molecule has 2 N–H and O–H groups in total. The fourth-order valence-corrected chi connectivity index (χ4v) is 3.48. The Morgan fingerprint density at radius 1 is 1.30 bits per heavy atom. The van der Waals surface area contributed by atoms with Gasteiger partial charge in [0, 0.05) is 13.1 Å². The number of rotatable bonds is 5. The topological polar surface area (TPSA) is 113 Å². The molecular weight excluding hydrogens is 288 g/mol. The third-order valence-corrected chi connectivity index (χ3v) is 5.06. The quantitative estimate of drug-likeness (QED) is 0.666. The van der Waals surface area contributed by atoms with E-state index < -0.39 is 21.7 Å². The zero-order chi connectivity index (χ0) is 15.6. The highest BCUT2D eigenvalue weighted by atomic mass is 32.2. The SMILES string of the molecule is COC(=O)C1CCN(S(=O)(=O)NC(C)(C)C(=O)O)CC1. The summed E-state index contributed by atoms with van der Waals surface area (Å²) in [6.07, 6.45) is 0.724. The number of hydrogen-bond donors (Lipinski definition) is 2. The minimum atomic E-state index is -3.89. The molecule has 0 atom stereocenters. The summed E-state index contributed by atoms with van der Waals surface area (Å²) in [6.45, 7) is 2.86. The summed E-state index contributed by atoms with van der Waals surface area (Å²) in [4.78, 5) is 22.3. The number of aliphatic carboxylic acids is 1. The molecule has 0 saturated carbocycles. The number of nitrogens with one attached hydrogen (secondary N) is 1. The summed E-state index contributed by atoms with van der Waals surface area (Å²) in [5, 5.41) is 8.94.